The number of rotatable bonds is 9. The van der Waals surface area contributed by atoms with E-state index in [1.165, 1.54) is 13.2 Å². The lowest BCUT2D eigenvalue weighted by Crippen LogP contribution is -2.20. The molecule has 0 saturated carbocycles. The van der Waals surface area contributed by atoms with Crippen LogP contribution in [0.15, 0.2) is 66.2 Å². The number of nitrogens with one attached hydrogen (secondary N) is 2. The molecule has 0 saturated heterocycles. The van der Waals surface area contributed by atoms with Gasteiger partial charge in [0.25, 0.3) is 11.8 Å². The maximum atomic E-state index is 12.7. The van der Waals surface area contributed by atoms with E-state index in [4.69, 9.17) is 14.2 Å². The first-order valence-electron chi connectivity index (χ1n) is 11.1. The van der Waals surface area contributed by atoms with Crippen LogP contribution >= 0.6 is 0 Å². The minimum Gasteiger partial charge on any atom is -0.497 e. The number of nitriles is 1. The summed E-state index contributed by atoms with van der Waals surface area (Å²) in [5, 5.41) is 15.1. The first-order chi connectivity index (χ1) is 17.3. The molecule has 0 aromatic heterocycles. The number of nitrogens with zero attached hydrogens (tertiary/aromatic N) is 1. The summed E-state index contributed by atoms with van der Waals surface area (Å²) in [7, 11) is 3.03. The normalized spacial score (nSPS) is 10.7. The van der Waals surface area contributed by atoms with Crippen molar-refractivity contribution >= 4 is 29.3 Å². The fraction of sp³-hybridized carbons (Fsp3) is 0.179. The SMILES string of the molecule is COc1ccc(NC(=O)COc2ccc(/C=C(/C#N)C(=O)Nc3cccc(C)c3C)cc2OC)cc1. The number of benzene rings is 3. The summed E-state index contributed by atoms with van der Waals surface area (Å²) in [6.45, 7) is 3.62. The number of ether oxygens (including phenoxy) is 3. The van der Waals surface area contributed by atoms with Crippen LogP contribution < -0.4 is 24.8 Å². The molecular weight excluding hydrogens is 458 g/mol. The summed E-state index contributed by atoms with van der Waals surface area (Å²) in [5.74, 6) is 0.526. The lowest BCUT2D eigenvalue weighted by Gasteiger charge is -2.12. The molecule has 3 rings (SSSR count). The van der Waals surface area contributed by atoms with E-state index in [0.29, 0.717) is 34.2 Å². The van der Waals surface area contributed by atoms with E-state index in [-0.39, 0.29) is 18.1 Å². The molecule has 0 bridgehead atoms. The fourth-order valence-corrected chi connectivity index (χ4v) is 3.30. The molecule has 0 aliphatic carbocycles. The average Bonchev–Trinajstić information content (AvgIpc) is 2.89. The van der Waals surface area contributed by atoms with Gasteiger partial charge in [-0.15, -0.1) is 0 Å². The van der Waals surface area contributed by atoms with E-state index in [0.717, 1.165) is 11.1 Å². The number of amides is 2. The summed E-state index contributed by atoms with van der Waals surface area (Å²) in [4.78, 5) is 24.9. The Bertz CT molecular complexity index is 1320. The van der Waals surface area contributed by atoms with Crippen LogP contribution in [0.3, 0.4) is 0 Å². The molecule has 0 unspecified atom stereocenters. The second kappa shape index (κ2) is 12.1. The van der Waals surface area contributed by atoms with Gasteiger partial charge in [0.1, 0.15) is 17.4 Å². The van der Waals surface area contributed by atoms with Gasteiger partial charge in [-0.25, -0.2) is 0 Å². The van der Waals surface area contributed by atoms with Gasteiger partial charge in [-0.2, -0.15) is 5.26 Å². The second-order valence-electron chi connectivity index (χ2n) is 7.85. The fourth-order valence-electron chi connectivity index (χ4n) is 3.30. The zero-order valence-corrected chi connectivity index (χ0v) is 20.5. The van der Waals surface area contributed by atoms with Gasteiger partial charge in [-0.3, -0.25) is 9.59 Å². The number of aryl methyl sites for hydroxylation is 1. The summed E-state index contributed by atoms with van der Waals surface area (Å²) in [6.07, 6.45) is 1.46. The zero-order valence-electron chi connectivity index (χ0n) is 20.5. The Labute approximate surface area is 210 Å². The molecule has 8 nitrogen and oxygen atoms in total. The molecule has 2 N–H and O–H groups in total. The van der Waals surface area contributed by atoms with Gasteiger partial charge in [0.05, 0.1) is 14.2 Å². The lowest BCUT2D eigenvalue weighted by molar-refractivity contribution is -0.118. The number of anilines is 2. The van der Waals surface area contributed by atoms with E-state index >= 15 is 0 Å². The van der Waals surface area contributed by atoms with Crippen molar-refractivity contribution in [2.45, 2.75) is 13.8 Å². The highest BCUT2D eigenvalue weighted by molar-refractivity contribution is 6.10. The third kappa shape index (κ3) is 6.64. The van der Waals surface area contributed by atoms with Crippen LogP contribution in [0.25, 0.3) is 6.08 Å². The first kappa shape index (κ1) is 25.8. The molecule has 2 amide bonds. The predicted octanol–water partition coefficient (Wildman–Crippen LogP) is 4.88. The number of carbonyl (C=O) groups is 2. The average molecular weight is 486 g/mol. The molecule has 36 heavy (non-hydrogen) atoms. The molecule has 0 radical (unpaired) electrons. The van der Waals surface area contributed by atoms with Crippen LogP contribution in [0, 0.1) is 25.2 Å². The van der Waals surface area contributed by atoms with Gasteiger partial charge < -0.3 is 24.8 Å². The Morgan fingerprint density at radius 1 is 0.944 bits per heavy atom. The molecular formula is C28H27N3O5. The standard InChI is InChI=1S/C28H27N3O5/c1-18-6-5-7-24(19(18)2)31-28(33)21(16-29)14-20-8-13-25(26(15-20)35-4)36-17-27(32)30-22-9-11-23(34-3)12-10-22/h5-15H,17H2,1-4H3,(H,30,32)(H,31,33)/b21-14-. The Hall–Kier alpha value is -4.77. The topological polar surface area (TPSA) is 110 Å². The minimum absolute atomic E-state index is 0.0644. The summed E-state index contributed by atoms with van der Waals surface area (Å²) >= 11 is 0. The van der Waals surface area contributed by atoms with E-state index in [9.17, 15) is 14.9 Å². The van der Waals surface area contributed by atoms with Gasteiger partial charge >= 0.3 is 0 Å². The van der Waals surface area contributed by atoms with Crippen LogP contribution in [-0.4, -0.2) is 32.6 Å². The Balaban J connectivity index is 1.67. The van der Waals surface area contributed by atoms with Crippen molar-refractivity contribution in [2.24, 2.45) is 0 Å². The predicted molar refractivity (Wildman–Crippen MR) is 138 cm³/mol. The molecule has 0 fully saturated rings. The molecule has 184 valence electrons. The Morgan fingerprint density at radius 3 is 2.36 bits per heavy atom. The van der Waals surface area contributed by atoms with Crippen molar-refractivity contribution in [3.8, 4) is 23.3 Å². The molecule has 0 aliphatic rings. The van der Waals surface area contributed by atoms with Crippen molar-refractivity contribution in [3.05, 3.63) is 82.9 Å². The second-order valence-corrected chi connectivity index (χ2v) is 7.85. The molecule has 0 heterocycles. The van der Waals surface area contributed by atoms with Crippen LogP contribution in [-0.2, 0) is 9.59 Å². The monoisotopic (exact) mass is 485 g/mol. The molecule has 0 spiro atoms. The van der Waals surface area contributed by atoms with Crippen molar-refractivity contribution in [1.82, 2.24) is 0 Å². The highest BCUT2D eigenvalue weighted by Crippen LogP contribution is 2.29. The van der Waals surface area contributed by atoms with Crippen molar-refractivity contribution in [1.29, 1.82) is 5.26 Å². The third-order valence-electron chi connectivity index (χ3n) is 5.45. The summed E-state index contributed by atoms with van der Waals surface area (Å²) in [5.41, 5.74) is 3.73. The van der Waals surface area contributed by atoms with E-state index in [2.05, 4.69) is 10.6 Å². The largest absolute Gasteiger partial charge is 0.497 e. The first-order valence-corrected chi connectivity index (χ1v) is 11.1. The number of hydrogen-bond donors (Lipinski definition) is 2. The Morgan fingerprint density at radius 2 is 1.69 bits per heavy atom. The van der Waals surface area contributed by atoms with Gasteiger partial charge in [0, 0.05) is 11.4 Å². The molecule has 0 atom stereocenters. The maximum Gasteiger partial charge on any atom is 0.266 e. The van der Waals surface area contributed by atoms with E-state index in [1.54, 1.807) is 55.6 Å². The van der Waals surface area contributed by atoms with Crippen molar-refractivity contribution in [2.75, 3.05) is 31.5 Å². The molecule has 3 aromatic rings. The minimum atomic E-state index is -0.513. The lowest BCUT2D eigenvalue weighted by atomic mass is 10.1. The van der Waals surface area contributed by atoms with Crippen LogP contribution in [0.5, 0.6) is 17.2 Å². The highest BCUT2D eigenvalue weighted by Gasteiger charge is 2.13. The smallest absolute Gasteiger partial charge is 0.266 e. The molecule has 0 aliphatic heterocycles. The zero-order chi connectivity index (χ0) is 26.1. The number of hydrogen-bond acceptors (Lipinski definition) is 6. The summed E-state index contributed by atoms with van der Waals surface area (Å²) < 4.78 is 16.1. The summed E-state index contributed by atoms with van der Waals surface area (Å²) in [6, 6.07) is 19.4. The van der Waals surface area contributed by atoms with Gasteiger partial charge in [0.15, 0.2) is 18.1 Å². The van der Waals surface area contributed by atoms with Crippen molar-refractivity contribution < 1.29 is 23.8 Å². The maximum absolute atomic E-state index is 12.7. The molecule has 3 aromatic carbocycles. The van der Waals surface area contributed by atoms with Crippen LogP contribution in [0.1, 0.15) is 16.7 Å². The van der Waals surface area contributed by atoms with Gasteiger partial charge in [0.2, 0.25) is 0 Å². The number of methoxy groups -OCH3 is 2. The van der Waals surface area contributed by atoms with Crippen LogP contribution in [0.4, 0.5) is 11.4 Å². The third-order valence-corrected chi connectivity index (χ3v) is 5.45. The van der Waals surface area contributed by atoms with Crippen LogP contribution in [0.2, 0.25) is 0 Å². The van der Waals surface area contributed by atoms with Gasteiger partial charge in [-0.1, -0.05) is 18.2 Å². The van der Waals surface area contributed by atoms with E-state index in [1.807, 2.05) is 32.0 Å². The van der Waals surface area contributed by atoms with Crippen molar-refractivity contribution in [3.63, 3.8) is 0 Å². The highest BCUT2D eigenvalue weighted by atomic mass is 16.5. The van der Waals surface area contributed by atoms with Gasteiger partial charge in [-0.05, 0) is 79.1 Å². The Kier molecular flexibility index (Phi) is 8.68. The number of carbonyl (C=O) groups excluding carboxylic acids is 2. The molecule has 8 heteroatoms. The quantitative estimate of drug-likeness (QED) is 0.330. The van der Waals surface area contributed by atoms with E-state index < -0.39 is 5.91 Å².